The van der Waals surface area contributed by atoms with Gasteiger partial charge in [-0.05, 0) is 86.8 Å². The van der Waals surface area contributed by atoms with Gasteiger partial charge >= 0.3 is 0 Å². The molecule has 6 rings (SSSR count). The van der Waals surface area contributed by atoms with E-state index in [-0.39, 0.29) is 11.0 Å². The Kier molecular flexibility index (Phi) is 3.88. The van der Waals surface area contributed by atoms with Crippen molar-refractivity contribution in [3.63, 3.8) is 0 Å². The van der Waals surface area contributed by atoms with E-state index < -0.39 is 0 Å². The first-order valence-electron chi connectivity index (χ1n) is 11.6. The van der Waals surface area contributed by atoms with Crippen LogP contribution in [0.5, 0.6) is 0 Å². The number of nitrogens with one attached hydrogen (secondary N) is 1. The fourth-order valence-electron chi connectivity index (χ4n) is 7.35. The van der Waals surface area contributed by atoms with Crippen molar-refractivity contribution in [3.05, 3.63) is 53.7 Å². The number of anilines is 1. The SMILES string of the molecule is CC12CCC3C(CCC4=CC(=O)CCC43C)C1Cc1cnn(-c3ccccc3)c1N2. The zero-order chi connectivity index (χ0) is 20.5. The van der Waals surface area contributed by atoms with Gasteiger partial charge in [0.2, 0.25) is 0 Å². The van der Waals surface area contributed by atoms with Crippen LogP contribution in [0.4, 0.5) is 5.82 Å². The molecule has 0 bridgehead atoms. The normalized spacial score (nSPS) is 37.2. The van der Waals surface area contributed by atoms with E-state index >= 15 is 0 Å². The topological polar surface area (TPSA) is 46.9 Å². The molecular formula is C26H31N3O. The van der Waals surface area contributed by atoms with Crippen LogP contribution in [0, 0.1) is 23.2 Å². The summed E-state index contributed by atoms with van der Waals surface area (Å²) in [4.78, 5) is 12.1. The first-order valence-corrected chi connectivity index (χ1v) is 11.6. The van der Waals surface area contributed by atoms with Crippen molar-refractivity contribution in [2.24, 2.45) is 23.2 Å². The van der Waals surface area contributed by atoms with Gasteiger partial charge in [0.05, 0.1) is 11.9 Å². The quantitative estimate of drug-likeness (QED) is 0.702. The summed E-state index contributed by atoms with van der Waals surface area (Å²) in [6.45, 7) is 4.90. The van der Waals surface area contributed by atoms with Crippen molar-refractivity contribution in [1.82, 2.24) is 9.78 Å². The number of para-hydroxylation sites is 1. The van der Waals surface area contributed by atoms with E-state index in [2.05, 4.69) is 60.4 Å². The molecular weight excluding hydrogens is 370 g/mol. The number of ketones is 1. The van der Waals surface area contributed by atoms with Crippen molar-refractivity contribution >= 4 is 11.6 Å². The lowest BCUT2D eigenvalue weighted by molar-refractivity contribution is -0.117. The number of hydrogen-bond acceptors (Lipinski definition) is 3. The first kappa shape index (κ1) is 18.4. The molecule has 0 saturated heterocycles. The highest BCUT2D eigenvalue weighted by atomic mass is 16.1. The second-order valence-electron chi connectivity index (χ2n) is 10.5. The minimum absolute atomic E-state index is 0.114. The molecule has 2 fully saturated rings. The molecule has 0 spiro atoms. The predicted molar refractivity (Wildman–Crippen MR) is 119 cm³/mol. The van der Waals surface area contributed by atoms with Crippen LogP contribution in [-0.2, 0) is 11.2 Å². The molecule has 3 aliphatic carbocycles. The average Bonchev–Trinajstić information content (AvgIpc) is 3.15. The maximum absolute atomic E-state index is 12.1. The summed E-state index contributed by atoms with van der Waals surface area (Å²) in [5.41, 5.74) is 4.26. The Bertz CT molecular complexity index is 1040. The van der Waals surface area contributed by atoms with Crippen molar-refractivity contribution in [3.8, 4) is 5.69 Å². The van der Waals surface area contributed by atoms with Crippen LogP contribution < -0.4 is 5.32 Å². The predicted octanol–water partition coefficient (Wildman–Crippen LogP) is 5.33. The molecule has 2 saturated carbocycles. The van der Waals surface area contributed by atoms with E-state index in [0.717, 1.165) is 37.3 Å². The smallest absolute Gasteiger partial charge is 0.155 e. The van der Waals surface area contributed by atoms with Crippen LogP contribution in [0.1, 0.15) is 57.9 Å². The number of fused-ring (bicyclic) bond motifs is 6. The number of aromatic nitrogens is 2. The summed E-state index contributed by atoms with van der Waals surface area (Å²) in [6, 6.07) is 10.5. The molecule has 1 N–H and O–H groups in total. The molecule has 1 aliphatic heterocycles. The molecule has 5 atom stereocenters. The fourth-order valence-corrected chi connectivity index (χ4v) is 7.35. The monoisotopic (exact) mass is 401 g/mol. The molecule has 0 amide bonds. The maximum atomic E-state index is 12.1. The summed E-state index contributed by atoms with van der Waals surface area (Å²) in [5.74, 6) is 3.59. The average molecular weight is 402 g/mol. The summed E-state index contributed by atoms with van der Waals surface area (Å²) in [7, 11) is 0. The van der Waals surface area contributed by atoms with Crippen LogP contribution in [0.2, 0.25) is 0 Å². The Balaban J connectivity index is 1.36. The third-order valence-corrected chi connectivity index (χ3v) is 9.04. The molecule has 2 heterocycles. The minimum Gasteiger partial charge on any atom is -0.364 e. The Morgan fingerprint density at radius 3 is 2.73 bits per heavy atom. The molecule has 5 unspecified atom stereocenters. The highest BCUT2D eigenvalue weighted by molar-refractivity contribution is 5.91. The van der Waals surface area contributed by atoms with Crippen LogP contribution in [0.25, 0.3) is 5.69 Å². The molecule has 0 radical (unpaired) electrons. The molecule has 1 aromatic carbocycles. The number of rotatable bonds is 1. The lowest BCUT2D eigenvalue weighted by atomic mass is 9.47. The summed E-state index contributed by atoms with van der Waals surface area (Å²) in [6.07, 6.45) is 11.7. The van der Waals surface area contributed by atoms with Crippen LogP contribution in [0.3, 0.4) is 0 Å². The fraction of sp³-hybridized carbons (Fsp3) is 0.538. The Morgan fingerprint density at radius 2 is 1.90 bits per heavy atom. The molecule has 156 valence electrons. The number of carbonyl (C=O) groups is 1. The van der Waals surface area contributed by atoms with Gasteiger partial charge in [0, 0.05) is 17.5 Å². The zero-order valence-electron chi connectivity index (χ0n) is 18.0. The lowest BCUT2D eigenvalue weighted by Crippen LogP contribution is -2.58. The Hall–Kier alpha value is -2.36. The molecule has 2 aromatic rings. The molecule has 30 heavy (non-hydrogen) atoms. The first-order chi connectivity index (χ1) is 14.5. The van der Waals surface area contributed by atoms with Gasteiger partial charge in [-0.1, -0.05) is 30.7 Å². The highest BCUT2D eigenvalue weighted by Gasteiger charge is 2.56. The van der Waals surface area contributed by atoms with Gasteiger partial charge in [-0.3, -0.25) is 4.79 Å². The number of nitrogens with zero attached hydrogens (tertiary/aromatic N) is 2. The summed E-state index contributed by atoms with van der Waals surface area (Å²) >= 11 is 0. The maximum Gasteiger partial charge on any atom is 0.155 e. The van der Waals surface area contributed by atoms with E-state index in [1.165, 1.54) is 36.2 Å². The molecule has 1 aromatic heterocycles. The third kappa shape index (κ3) is 2.52. The largest absolute Gasteiger partial charge is 0.364 e. The number of benzene rings is 1. The highest BCUT2D eigenvalue weighted by Crippen LogP contribution is 2.61. The summed E-state index contributed by atoms with van der Waals surface area (Å²) in [5, 5.41) is 8.73. The van der Waals surface area contributed by atoms with Crippen molar-refractivity contribution in [1.29, 1.82) is 0 Å². The van der Waals surface area contributed by atoms with Crippen LogP contribution in [0.15, 0.2) is 48.2 Å². The molecule has 4 heteroatoms. The second-order valence-corrected chi connectivity index (χ2v) is 10.5. The number of carbonyl (C=O) groups excluding carboxylic acids is 1. The summed E-state index contributed by atoms with van der Waals surface area (Å²) < 4.78 is 2.08. The van der Waals surface area contributed by atoms with E-state index in [1.807, 2.05) is 6.08 Å². The van der Waals surface area contributed by atoms with Crippen LogP contribution >= 0.6 is 0 Å². The van der Waals surface area contributed by atoms with Crippen molar-refractivity contribution in [2.75, 3.05) is 5.32 Å². The Labute approximate surface area is 178 Å². The molecule has 4 nitrogen and oxygen atoms in total. The van der Waals surface area contributed by atoms with Gasteiger partial charge in [0.15, 0.2) is 5.78 Å². The van der Waals surface area contributed by atoms with Crippen LogP contribution in [-0.4, -0.2) is 21.1 Å². The van der Waals surface area contributed by atoms with Gasteiger partial charge in [0.25, 0.3) is 0 Å². The standard InChI is InChI=1S/C26H31N3O/c1-25-12-10-20(30)15-18(25)8-9-21-22(25)11-13-26(2)23(21)14-17-16-27-29(24(17)28-26)19-6-4-3-5-7-19/h3-7,15-16,21-23,28H,8-14H2,1-2H3. The lowest BCUT2D eigenvalue weighted by Gasteiger charge is -2.60. The van der Waals surface area contributed by atoms with Gasteiger partial charge in [-0.25, -0.2) is 4.68 Å². The third-order valence-electron chi connectivity index (χ3n) is 9.04. The van der Waals surface area contributed by atoms with Gasteiger partial charge in [-0.15, -0.1) is 0 Å². The molecule has 4 aliphatic rings. The van der Waals surface area contributed by atoms with E-state index in [1.54, 1.807) is 0 Å². The van der Waals surface area contributed by atoms with Gasteiger partial charge in [-0.2, -0.15) is 5.10 Å². The minimum atomic E-state index is 0.114. The number of hydrogen-bond donors (Lipinski definition) is 1. The van der Waals surface area contributed by atoms with Crippen molar-refractivity contribution < 1.29 is 4.79 Å². The number of allylic oxidation sites excluding steroid dienone is 2. The van der Waals surface area contributed by atoms with Gasteiger partial charge in [0.1, 0.15) is 5.82 Å². The Morgan fingerprint density at radius 1 is 1.07 bits per heavy atom. The zero-order valence-corrected chi connectivity index (χ0v) is 18.0. The van der Waals surface area contributed by atoms with E-state index in [9.17, 15) is 4.79 Å². The van der Waals surface area contributed by atoms with E-state index in [4.69, 9.17) is 5.10 Å². The van der Waals surface area contributed by atoms with Crippen molar-refractivity contribution in [2.45, 2.75) is 64.3 Å². The van der Waals surface area contributed by atoms with E-state index in [0.29, 0.717) is 17.6 Å². The van der Waals surface area contributed by atoms with Gasteiger partial charge < -0.3 is 5.32 Å². The second kappa shape index (κ2) is 6.32.